The third-order valence-electron chi connectivity index (χ3n) is 8.33. The minimum absolute atomic E-state index is 0. The van der Waals surface area contributed by atoms with Gasteiger partial charge in [-0.1, -0.05) is 0 Å². The molecule has 0 aliphatic heterocycles. The number of nitrogens with zero attached hydrogens (tertiary/aromatic N) is 5. The molecule has 4 aromatic heterocycles. The minimum atomic E-state index is -0.541. The van der Waals surface area contributed by atoms with E-state index in [1.54, 1.807) is 61.0 Å². The van der Waals surface area contributed by atoms with Gasteiger partial charge in [-0.05, 0) is 42.5 Å². The fraction of sp³-hybridized carbons (Fsp3) is 0.250. The molecule has 5 rings (SSSR count). The van der Waals surface area contributed by atoms with E-state index < -0.39 is 17.7 Å². The van der Waals surface area contributed by atoms with Gasteiger partial charge in [0.2, 0.25) is 0 Å². The molecule has 17 nitrogen and oxygen atoms in total. The van der Waals surface area contributed by atoms with Gasteiger partial charge in [-0.25, -0.2) is 4.98 Å². The van der Waals surface area contributed by atoms with Gasteiger partial charge in [-0.2, -0.15) is 0 Å². The summed E-state index contributed by atoms with van der Waals surface area (Å²) in [5.74, 6) is -1.44. The van der Waals surface area contributed by atoms with Crippen LogP contribution in [0.1, 0.15) is 58.7 Å². The number of benzene rings is 1. The smallest absolute Gasteiger partial charge is 0.275 e. The van der Waals surface area contributed by atoms with E-state index in [1.165, 1.54) is 28.1 Å². The number of rotatable bonds is 17. The van der Waals surface area contributed by atoms with Crippen LogP contribution >= 0.6 is 46.9 Å². The summed E-state index contributed by atoms with van der Waals surface area (Å²) >= 11 is 12.9. The van der Waals surface area contributed by atoms with Gasteiger partial charge in [-0.3, -0.25) is 34.7 Å². The molecule has 4 heterocycles. The molecule has 0 bridgehead atoms. The maximum absolute atomic E-state index is 13.3. The molecule has 0 radical (unpaired) electrons. The lowest BCUT2D eigenvalue weighted by Crippen LogP contribution is -2.28. The normalized spacial score (nSPS) is 10.6. The summed E-state index contributed by atoms with van der Waals surface area (Å²) in [6.45, 7) is 1.44. The average Bonchev–Trinajstić information content (AvgIpc) is 3.94. The van der Waals surface area contributed by atoms with E-state index in [4.69, 9.17) is 34.3 Å². The van der Waals surface area contributed by atoms with Crippen LogP contribution in [0, 0.1) is 5.41 Å². The van der Waals surface area contributed by atoms with Crippen LogP contribution in [0.4, 0.5) is 27.9 Å². The topological polar surface area (TPSA) is 226 Å². The highest BCUT2D eigenvalue weighted by atomic mass is 35.5. The number of aryl methyl sites for hydroxylation is 3. The van der Waals surface area contributed by atoms with Crippen LogP contribution in [0.3, 0.4) is 0 Å². The Bertz CT molecular complexity index is 2260. The Labute approximate surface area is 347 Å². The number of hydrogen-bond donors (Lipinski definition) is 7. The van der Waals surface area contributed by atoms with E-state index in [-0.39, 0.29) is 65.2 Å². The summed E-state index contributed by atoms with van der Waals surface area (Å²) < 4.78 is 4.64. The standard InChI is InChI=1S/C36H40Cl2N12O5S.ClH/c1-47-18-23(14-27(47)33(53)41-11-8-30(39)40)43-35(55)29-16-24(19-49(29)3)44-34(54)28-15-22(17-48(28)2)42-32(52)26-20-56-36(45-26)46-31(51)21-4-6-25(7-5-21)50(12-9-37)13-10-38;/h4-7,14-20H,8-13H2,1-3H3,(H3,39,40)(H,41,53)(H,42,52)(H,43,55)(H,44,54)(H,45,46,51);1H. The van der Waals surface area contributed by atoms with Crippen molar-refractivity contribution < 1.29 is 24.0 Å². The first-order chi connectivity index (χ1) is 26.8. The number of amides is 5. The first-order valence-electron chi connectivity index (χ1n) is 17.0. The fourth-order valence-electron chi connectivity index (χ4n) is 5.56. The van der Waals surface area contributed by atoms with E-state index in [1.807, 2.05) is 17.0 Å². The second-order valence-corrected chi connectivity index (χ2v) is 14.1. The molecule has 0 aliphatic rings. The lowest BCUT2D eigenvalue weighted by atomic mass is 10.2. The molecule has 0 atom stereocenters. The van der Waals surface area contributed by atoms with Crippen molar-refractivity contribution in [3.63, 3.8) is 0 Å². The van der Waals surface area contributed by atoms with Crippen LogP contribution in [-0.2, 0) is 21.1 Å². The first kappa shape index (κ1) is 43.9. The maximum Gasteiger partial charge on any atom is 0.275 e. The Balaban J connectivity index is 0.00000720. The summed E-state index contributed by atoms with van der Waals surface area (Å²) in [5, 5.41) is 22.7. The van der Waals surface area contributed by atoms with Gasteiger partial charge in [0.15, 0.2) is 5.13 Å². The first-order valence-corrected chi connectivity index (χ1v) is 19.0. The predicted molar refractivity (Wildman–Crippen MR) is 226 cm³/mol. The Hall–Kier alpha value is -5.82. The number of amidine groups is 1. The zero-order valence-corrected chi connectivity index (χ0v) is 34.2. The van der Waals surface area contributed by atoms with Gasteiger partial charge in [-0.15, -0.1) is 46.9 Å². The Kier molecular flexibility index (Phi) is 15.3. The van der Waals surface area contributed by atoms with E-state index in [2.05, 4.69) is 31.6 Å². The molecule has 5 amide bonds. The van der Waals surface area contributed by atoms with Crippen molar-refractivity contribution >= 4 is 110 Å². The van der Waals surface area contributed by atoms with Crippen molar-refractivity contribution in [1.29, 1.82) is 5.41 Å². The molecule has 0 unspecified atom stereocenters. The molecular formula is C36H41Cl3N12O5S. The zero-order valence-electron chi connectivity index (χ0n) is 31.0. The SMILES string of the molecule is Cl.Cn1cc(NC(=O)c2cc(NC(=O)c3cc(NC(=O)c4csc(NC(=O)c5ccc(N(CCCl)CCCl)cc5)n4)cn3C)cn2C)cc1C(=O)NCCC(=N)N. The molecule has 0 saturated heterocycles. The van der Waals surface area contributed by atoms with E-state index in [0.29, 0.717) is 53.2 Å². The van der Waals surface area contributed by atoms with Crippen LogP contribution in [0.15, 0.2) is 66.4 Å². The molecule has 8 N–H and O–H groups in total. The molecule has 0 aliphatic carbocycles. The number of nitrogens with two attached hydrogens (primary N) is 1. The van der Waals surface area contributed by atoms with E-state index >= 15 is 0 Å². The number of aromatic nitrogens is 4. The second-order valence-electron chi connectivity index (χ2n) is 12.5. The number of anilines is 5. The summed E-state index contributed by atoms with van der Waals surface area (Å²) in [7, 11) is 4.95. The van der Waals surface area contributed by atoms with Crippen LogP contribution in [-0.4, -0.2) is 85.5 Å². The number of nitrogens with one attached hydrogen (secondary N) is 6. The summed E-state index contributed by atoms with van der Waals surface area (Å²) in [6, 6.07) is 11.5. The molecule has 1 aromatic carbocycles. The van der Waals surface area contributed by atoms with Crippen LogP contribution < -0.4 is 37.2 Å². The number of hydrogen-bond acceptors (Lipinski definition) is 9. The molecule has 5 aromatic rings. The number of alkyl halides is 2. The van der Waals surface area contributed by atoms with Crippen LogP contribution in [0.5, 0.6) is 0 Å². The van der Waals surface area contributed by atoms with Crippen LogP contribution in [0.2, 0.25) is 0 Å². The summed E-state index contributed by atoms with van der Waals surface area (Å²) in [5.41, 5.74) is 8.53. The van der Waals surface area contributed by atoms with E-state index in [9.17, 15) is 24.0 Å². The molecule has 0 fully saturated rings. The van der Waals surface area contributed by atoms with Gasteiger partial charge in [0, 0.05) is 94.2 Å². The highest BCUT2D eigenvalue weighted by molar-refractivity contribution is 7.14. The molecule has 0 saturated carbocycles. The van der Waals surface area contributed by atoms with E-state index in [0.717, 1.165) is 17.0 Å². The Morgan fingerprint density at radius 2 is 1.21 bits per heavy atom. The highest BCUT2D eigenvalue weighted by Gasteiger charge is 2.20. The lowest BCUT2D eigenvalue weighted by molar-refractivity contribution is 0.0944. The quantitative estimate of drug-likeness (QED) is 0.0385. The highest BCUT2D eigenvalue weighted by Crippen LogP contribution is 2.22. The van der Waals surface area contributed by atoms with Crippen molar-refractivity contribution in [3.05, 3.63) is 94.8 Å². The third-order valence-corrected chi connectivity index (χ3v) is 9.42. The third kappa shape index (κ3) is 11.4. The van der Waals surface area contributed by atoms with Gasteiger partial charge in [0.1, 0.15) is 22.8 Å². The predicted octanol–water partition coefficient (Wildman–Crippen LogP) is 4.93. The minimum Gasteiger partial charge on any atom is -0.388 e. The zero-order chi connectivity index (χ0) is 40.5. The fourth-order valence-corrected chi connectivity index (χ4v) is 6.66. The van der Waals surface area contributed by atoms with Crippen molar-refractivity contribution in [2.75, 3.05) is 57.6 Å². The average molecular weight is 860 g/mol. The monoisotopic (exact) mass is 858 g/mol. The van der Waals surface area contributed by atoms with Crippen molar-refractivity contribution in [3.8, 4) is 0 Å². The van der Waals surface area contributed by atoms with Crippen molar-refractivity contribution in [2.45, 2.75) is 6.42 Å². The van der Waals surface area contributed by atoms with Gasteiger partial charge >= 0.3 is 0 Å². The second kappa shape index (κ2) is 19.9. The Morgan fingerprint density at radius 1 is 0.737 bits per heavy atom. The maximum atomic E-state index is 13.3. The van der Waals surface area contributed by atoms with Crippen molar-refractivity contribution in [2.24, 2.45) is 26.9 Å². The number of halogens is 3. The Morgan fingerprint density at radius 3 is 1.68 bits per heavy atom. The van der Waals surface area contributed by atoms with Gasteiger partial charge in [0.05, 0.1) is 22.9 Å². The largest absolute Gasteiger partial charge is 0.388 e. The van der Waals surface area contributed by atoms with Gasteiger partial charge in [0.25, 0.3) is 29.5 Å². The number of carbonyl (C=O) groups is 5. The molecule has 302 valence electrons. The molecule has 21 heteroatoms. The van der Waals surface area contributed by atoms with Crippen LogP contribution in [0.25, 0.3) is 0 Å². The molecular weight excluding hydrogens is 819 g/mol. The molecule has 0 spiro atoms. The number of thiazole rings is 1. The summed E-state index contributed by atoms with van der Waals surface area (Å²) in [6.07, 6.45) is 4.94. The molecule has 57 heavy (non-hydrogen) atoms. The summed E-state index contributed by atoms with van der Waals surface area (Å²) in [4.78, 5) is 71.1. The lowest BCUT2D eigenvalue weighted by Gasteiger charge is -2.22. The number of carbonyl (C=O) groups excluding carboxylic acids is 5. The van der Waals surface area contributed by atoms with Crippen molar-refractivity contribution in [1.82, 2.24) is 24.0 Å². The van der Waals surface area contributed by atoms with Gasteiger partial charge < -0.3 is 45.6 Å².